The fourth-order valence-electron chi connectivity index (χ4n) is 3.73. The first kappa shape index (κ1) is 19.6. The predicted octanol–water partition coefficient (Wildman–Crippen LogP) is 3.30. The fraction of sp³-hybridized carbons (Fsp3) is 0.435. The Hall–Kier alpha value is -2.73. The lowest BCUT2D eigenvalue weighted by molar-refractivity contribution is -0.131. The molecule has 0 spiro atoms. The van der Waals surface area contributed by atoms with Crippen molar-refractivity contribution in [2.24, 2.45) is 0 Å². The van der Waals surface area contributed by atoms with E-state index in [-0.39, 0.29) is 5.91 Å². The van der Waals surface area contributed by atoms with Crippen LogP contribution in [0.3, 0.4) is 0 Å². The van der Waals surface area contributed by atoms with Crippen LogP contribution in [0.5, 0.6) is 11.5 Å². The summed E-state index contributed by atoms with van der Waals surface area (Å²) in [4.78, 5) is 16.9. The molecule has 1 N–H and O–H groups in total. The lowest BCUT2D eigenvalue weighted by atomic mass is 10.0. The van der Waals surface area contributed by atoms with Crippen molar-refractivity contribution in [2.45, 2.75) is 26.3 Å². The SMILES string of the molecule is CC(C)c1ccc(NCC(=O)N2CCN(Cc3ccc4c(c3)OCO4)CC2)cc1. The largest absolute Gasteiger partial charge is 0.454 e. The number of piperazine rings is 1. The lowest BCUT2D eigenvalue weighted by Gasteiger charge is -2.35. The minimum absolute atomic E-state index is 0.153. The summed E-state index contributed by atoms with van der Waals surface area (Å²) in [7, 11) is 0. The van der Waals surface area contributed by atoms with Crippen molar-refractivity contribution in [1.82, 2.24) is 9.80 Å². The number of rotatable bonds is 6. The molecule has 1 amide bonds. The maximum atomic E-state index is 12.6. The van der Waals surface area contributed by atoms with Crippen molar-refractivity contribution < 1.29 is 14.3 Å². The number of carbonyl (C=O) groups excluding carboxylic acids is 1. The second-order valence-corrected chi connectivity index (χ2v) is 7.97. The van der Waals surface area contributed by atoms with Crippen LogP contribution in [0.1, 0.15) is 30.9 Å². The van der Waals surface area contributed by atoms with E-state index in [0.717, 1.165) is 49.9 Å². The quantitative estimate of drug-likeness (QED) is 0.813. The molecule has 6 nitrogen and oxygen atoms in total. The molecular formula is C23H29N3O3. The van der Waals surface area contributed by atoms with Gasteiger partial charge in [-0.05, 0) is 41.3 Å². The summed E-state index contributed by atoms with van der Waals surface area (Å²) in [6.45, 7) is 9.13. The molecule has 0 aromatic heterocycles. The van der Waals surface area contributed by atoms with E-state index in [1.165, 1.54) is 11.1 Å². The highest BCUT2D eigenvalue weighted by molar-refractivity contribution is 5.81. The van der Waals surface area contributed by atoms with Crippen molar-refractivity contribution in [3.05, 3.63) is 53.6 Å². The second-order valence-electron chi connectivity index (χ2n) is 7.97. The van der Waals surface area contributed by atoms with Crippen LogP contribution in [0.25, 0.3) is 0 Å². The average Bonchev–Trinajstić information content (AvgIpc) is 3.21. The van der Waals surface area contributed by atoms with Gasteiger partial charge in [0.1, 0.15) is 0 Å². The van der Waals surface area contributed by atoms with Gasteiger partial charge in [-0.1, -0.05) is 32.0 Å². The minimum atomic E-state index is 0.153. The van der Waals surface area contributed by atoms with Crippen LogP contribution in [0.4, 0.5) is 5.69 Å². The Morgan fingerprint density at radius 3 is 2.45 bits per heavy atom. The highest BCUT2D eigenvalue weighted by Gasteiger charge is 2.21. The van der Waals surface area contributed by atoms with Crippen LogP contribution in [-0.2, 0) is 11.3 Å². The molecule has 4 rings (SSSR count). The number of fused-ring (bicyclic) bond motifs is 1. The molecule has 2 aromatic carbocycles. The van der Waals surface area contributed by atoms with Crippen molar-refractivity contribution in [3.8, 4) is 11.5 Å². The topological polar surface area (TPSA) is 54.0 Å². The first-order chi connectivity index (χ1) is 14.1. The van der Waals surface area contributed by atoms with Crippen molar-refractivity contribution in [1.29, 1.82) is 0 Å². The third-order valence-electron chi connectivity index (χ3n) is 5.59. The summed E-state index contributed by atoms with van der Waals surface area (Å²) in [6, 6.07) is 14.4. The molecule has 0 unspecified atom stereocenters. The predicted molar refractivity (Wildman–Crippen MR) is 113 cm³/mol. The minimum Gasteiger partial charge on any atom is -0.454 e. The average molecular weight is 396 g/mol. The van der Waals surface area contributed by atoms with Crippen molar-refractivity contribution >= 4 is 11.6 Å². The molecule has 0 radical (unpaired) electrons. The van der Waals surface area contributed by atoms with Gasteiger partial charge in [0.25, 0.3) is 0 Å². The Morgan fingerprint density at radius 2 is 1.72 bits per heavy atom. The molecule has 154 valence electrons. The molecule has 29 heavy (non-hydrogen) atoms. The van der Waals surface area contributed by atoms with E-state index in [9.17, 15) is 4.79 Å². The maximum absolute atomic E-state index is 12.6. The van der Waals surface area contributed by atoms with Crippen LogP contribution < -0.4 is 14.8 Å². The number of ether oxygens (including phenoxy) is 2. The van der Waals surface area contributed by atoms with Gasteiger partial charge in [-0.25, -0.2) is 0 Å². The van der Waals surface area contributed by atoms with E-state index in [4.69, 9.17) is 9.47 Å². The molecule has 2 aromatic rings. The zero-order valence-corrected chi connectivity index (χ0v) is 17.2. The van der Waals surface area contributed by atoms with E-state index in [1.54, 1.807) is 0 Å². The summed E-state index contributed by atoms with van der Waals surface area (Å²) < 4.78 is 10.8. The van der Waals surface area contributed by atoms with E-state index < -0.39 is 0 Å². The number of hydrogen-bond donors (Lipinski definition) is 1. The molecule has 0 saturated carbocycles. The fourth-order valence-corrected chi connectivity index (χ4v) is 3.73. The van der Waals surface area contributed by atoms with Gasteiger partial charge in [-0.2, -0.15) is 0 Å². The number of nitrogens with zero attached hydrogens (tertiary/aromatic N) is 2. The monoisotopic (exact) mass is 395 g/mol. The third kappa shape index (κ3) is 4.82. The molecule has 0 atom stereocenters. The van der Waals surface area contributed by atoms with Gasteiger partial charge in [0.15, 0.2) is 11.5 Å². The van der Waals surface area contributed by atoms with E-state index in [1.807, 2.05) is 29.2 Å². The van der Waals surface area contributed by atoms with E-state index in [2.05, 4.69) is 42.3 Å². The normalized spacial score (nSPS) is 16.3. The smallest absolute Gasteiger partial charge is 0.241 e. The Morgan fingerprint density at radius 1 is 1.00 bits per heavy atom. The Balaban J connectivity index is 1.22. The highest BCUT2D eigenvalue weighted by Crippen LogP contribution is 2.32. The Labute approximate surface area is 172 Å². The Bertz CT molecular complexity index is 843. The summed E-state index contributed by atoms with van der Waals surface area (Å²) >= 11 is 0. The van der Waals surface area contributed by atoms with Crippen LogP contribution in [-0.4, -0.2) is 55.2 Å². The summed E-state index contributed by atoms with van der Waals surface area (Å²) in [6.07, 6.45) is 0. The molecule has 0 bridgehead atoms. The number of amides is 1. The molecule has 1 saturated heterocycles. The van der Waals surface area contributed by atoms with Gasteiger partial charge in [-0.15, -0.1) is 0 Å². The summed E-state index contributed by atoms with van der Waals surface area (Å²) in [5.74, 6) is 2.31. The van der Waals surface area contributed by atoms with Crippen molar-refractivity contribution in [3.63, 3.8) is 0 Å². The number of nitrogens with one attached hydrogen (secondary N) is 1. The number of benzene rings is 2. The van der Waals surface area contributed by atoms with Crippen LogP contribution in [0, 0.1) is 0 Å². The standard InChI is InChI=1S/C23H29N3O3/c1-17(2)19-4-6-20(7-5-19)24-14-23(27)26-11-9-25(10-12-26)15-18-3-8-21-22(13-18)29-16-28-21/h3-8,13,17,24H,9-12,14-16H2,1-2H3. The van der Waals surface area contributed by atoms with Crippen molar-refractivity contribution in [2.75, 3.05) is 44.8 Å². The molecule has 2 heterocycles. The van der Waals surface area contributed by atoms with E-state index >= 15 is 0 Å². The van der Waals surface area contributed by atoms with Gasteiger partial charge < -0.3 is 19.7 Å². The van der Waals surface area contributed by atoms with Crippen LogP contribution in [0.2, 0.25) is 0 Å². The van der Waals surface area contributed by atoms with E-state index in [0.29, 0.717) is 19.3 Å². The first-order valence-electron chi connectivity index (χ1n) is 10.3. The zero-order valence-electron chi connectivity index (χ0n) is 17.2. The van der Waals surface area contributed by atoms with Gasteiger partial charge in [-0.3, -0.25) is 9.69 Å². The van der Waals surface area contributed by atoms with Gasteiger partial charge >= 0.3 is 0 Å². The van der Waals surface area contributed by atoms with Gasteiger partial charge in [0.05, 0.1) is 6.54 Å². The molecule has 0 aliphatic carbocycles. The second kappa shape index (κ2) is 8.74. The first-order valence-corrected chi connectivity index (χ1v) is 10.3. The van der Waals surface area contributed by atoms with Crippen LogP contribution >= 0.6 is 0 Å². The molecule has 2 aliphatic heterocycles. The zero-order chi connectivity index (χ0) is 20.2. The number of anilines is 1. The lowest BCUT2D eigenvalue weighted by Crippen LogP contribution is -2.49. The molecule has 1 fully saturated rings. The summed E-state index contributed by atoms with van der Waals surface area (Å²) in [5, 5.41) is 3.25. The molecular weight excluding hydrogens is 366 g/mol. The molecule has 2 aliphatic rings. The third-order valence-corrected chi connectivity index (χ3v) is 5.59. The van der Waals surface area contributed by atoms with Gasteiger partial charge in [0, 0.05) is 38.4 Å². The Kier molecular flexibility index (Phi) is 5.90. The van der Waals surface area contributed by atoms with Gasteiger partial charge in [0.2, 0.25) is 12.7 Å². The number of carbonyl (C=O) groups is 1. The number of hydrogen-bond acceptors (Lipinski definition) is 5. The summed E-state index contributed by atoms with van der Waals surface area (Å²) in [5.41, 5.74) is 3.50. The maximum Gasteiger partial charge on any atom is 0.241 e. The van der Waals surface area contributed by atoms with Crippen LogP contribution in [0.15, 0.2) is 42.5 Å². The highest BCUT2D eigenvalue weighted by atomic mass is 16.7. The molecule has 6 heteroatoms.